The summed E-state index contributed by atoms with van der Waals surface area (Å²) in [7, 11) is 1.68. The van der Waals surface area contributed by atoms with Gasteiger partial charge in [-0.2, -0.15) is 5.26 Å². The van der Waals surface area contributed by atoms with Crippen molar-refractivity contribution in [2.75, 3.05) is 38.6 Å². The summed E-state index contributed by atoms with van der Waals surface area (Å²) in [4.78, 5) is 15.5. The maximum absolute atomic E-state index is 12.7. The van der Waals surface area contributed by atoms with E-state index in [1.807, 2.05) is 25.1 Å². The van der Waals surface area contributed by atoms with Gasteiger partial charge in [0.2, 0.25) is 0 Å². The monoisotopic (exact) mass is 380 g/mol. The molecular formula is C22H28N4O2+2. The number of para-hydroxylation sites is 1. The molecular weight excluding hydrogens is 352 g/mol. The van der Waals surface area contributed by atoms with Gasteiger partial charge in [-0.3, -0.25) is 4.79 Å². The summed E-state index contributed by atoms with van der Waals surface area (Å²) in [6.45, 7) is 6.95. The topological polar surface area (TPSA) is 71.0 Å². The number of anilines is 1. The van der Waals surface area contributed by atoms with Crippen LogP contribution in [0.15, 0.2) is 48.5 Å². The molecule has 146 valence electrons. The van der Waals surface area contributed by atoms with E-state index in [1.165, 1.54) is 15.4 Å². The highest BCUT2D eigenvalue weighted by Crippen LogP contribution is 2.13. The van der Waals surface area contributed by atoms with Crippen LogP contribution in [0.3, 0.4) is 0 Å². The molecule has 3 N–H and O–H groups in total. The van der Waals surface area contributed by atoms with Crippen molar-refractivity contribution in [2.24, 2.45) is 0 Å². The summed E-state index contributed by atoms with van der Waals surface area (Å²) >= 11 is 0. The Morgan fingerprint density at radius 1 is 1.14 bits per heavy atom. The van der Waals surface area contributed by atoms with E-state index in [4.69, 9.17) is 4.74 Å². The minimum absolute atomic E-state index is 0.0312. The Bertz CT molecular complexity index is 836. The van der Waals surface area contributed by atoms with Crippen LogP contribution in [0.2, 0.25) is 0 Å². The van der Waals surface area contributed by atoms with E-state index in [0.717, 1.165) is 38.5 Å². The fourth-order valence-electron chi connectivity index (χ4n) is 3.68. The molecule has 0 aromatic heterocycles. The zero-order valence-corrected chi connectivity index (χ0v) is 16.5. The highest BCUT2D eigenvalue weighted by atomic mass is 16.5. The van der Waals surface area contributed by atoms with E-state index in [9.17, 15) is 10.1 Å². The van der Waals surface area contributed by atoms with Crippen LogP contribution in [0.1, 0.15) is 18.1 Å². The lowest BCUT2D eigenvalue weighted by Gasteiger charge is -2.32. The third-order valence-electron chi connectivity index (χ3n) is 5.52. The van der Waals surface area contributed by atoms with Crippen molar-refractivity contribution < 1.29 is 19.3 Å². The average Bonchev–Trinajstić information content (AvgIpc) is 2.74. The van der Waals surface area contributed by atoms with E-state index in [0.29, 0.717) is 11.3 Å². The lowest BCUT2D eigenvalue weighted by molar-refractivity contribution is -1.02. The SMILES string of the molecule is COc1ccc(C[NH+]2CC[NH+]([C@H](C)C(=O)Nc3ccccc3C#N)CC2)cc1. The van der Waals surface area contributed by atoms with Gasteiger partial charge in [-0.1, -0.05) is 12.1 Å². The van der Waals surface area contributed by atoms with E-state index in [2.05, 4.69) is 23.5 Å². The first-order valence-electron chi connectivity index (χ1n) is 9.71. The van der Waals surface area contributed by atoms with Crippen molar-refractivity contribution in [3.05, 3.63) is 59.7 Å². The highest BCUT2D eigenvalue weighted by Gasteiger charge is 2.31. The first kappa shape index (κ1) is 19.9. The molecule has 2 aromatic carbocycles. The quantitative estimate of drug-likeness (QED) is 0.654. The van der Waals surface area contributed by atoms with Gasteiger partial charge in [-0.25, -0.2) is 0 Å². The Hall–Kier alpha value is -2.88. The number of benzene rings is 2. The number of quaternary nitrogens is 2. The van der Waals surface area contributed by atoms with Crippen molar-refractivity contribution in [3.8, 4) is 11.8 Å². The molecule has 3 rings (SSSR count). The van der Waals surface area contributed by atoms with Crippen molar-refractivity contribution in [2.45, 2.75) is 19.5 Å². The van der Waals surface area contributed by atoms with Crippen molar-refractivity contribution in [3.63, 3.8) is 0 Å². The summed E-state index contributed by atoms with van der Waals surface area (Å²) in [5.41, 5.74) is 2.38. The molecule has 1 saturated heterocycles. The van der Waals surface area contributed by atoms with Crippen LogP contribution in [0.25, 0.3) is 0 Å². The van der Waals surface area contributed by atoms with Crippen LogP contribution in [-0.4, -0.2) is 45.2 Å². The molecule has 0 saturated carbocycles. The average molecular weight is 380 g/mol. The Balaban J connectivity index is 1.50. The normalized spacial score (nSPS) is 20.0. The third-order valence-corrected chi connectivity index (χ3v) is 5.52. The molecule has 1 heterocycles. The predicted molar refractivity (Wildman–Crippen MR) is 107 cm³/mol. The number of amides is 1. The van der Waals surface area contributed by atoms with Gasteiger partial charge in [0.25, 0.3) is 5.91 Å². The number of ether oxygens (including phenoxy) is 1. The molecule has 6 heteroatoms. The van der Waals surface area contributed by atoms with Crippen LogP contribution < -0.4 is 19.9 Å². The number of nitriles is 1. The molecule has 0 aliphatic carbocycles. The fraction of sp³-hybridized carbons (Fsp3) is 0.364. The molecule has 0 bridgehead atoms. The minimum atomic E-state index is -0.144. The highest BCUT2D eigenvalue weighted by molar-refractivity contribution is 5.94. The number of nitrogens with one attached hydrogen (secondary N) is 3. The van der Waals surface area contributed by atoms with E-state index < -0.39 is 0 Å². The predicted octanol–water partition coefficient (Wildman–Crippen LogP) is -0.123. The Morgan fingerprint density at radius 2 is 1.82 bits per heavy atom. The van der Waals surface area contributed by atoms with Crippen molar-refractivity contribution in [1.29, 1.82) is 5.26 Å². The van der Waals surface area contributed by atoms with Crippen LogP contribution >= 0.6 is 0 Å². The summed E-state index contributed by atoms with van der Waals surface area (Å²) in [6.07, 6.45) is 0. The maximum Gasteiger partial charge on any atom is 0.282 e. The summed E-state index contributed by atoms with van der Waals surface area (Å²) in [5.74, 6) is 0.849. The number of rotatable bonds is 6. The first-order valence-corrected chi connectivity index (χ1v) is 9.71. The van der Waals surface area contributed by atoms with E-state index in [-0.39, 0.29) is 11.9 Å². The molecule has 1 amide bonds. The Kier molecular flexibility index (Phi) is 6.64. The number of methoxy groups -OCH3 is 1. The van der Waals surface area contributed by atoms with Gasteiger partial charge in [0, 0.05) is 5.56 Å². The van der Waals surface area contributed by atoms with Crippen LogP contribution in [0, 0.1) is 11.3 Å². The van der Waals surface area contributed by atoms with E-state index in [1.54, 1.807) is 25.3 Å². The van der Waals surface area contributed by atoms with Crippen molar-refractivity contribution in [1.82, 2.24) is 0 Å². The number of hydrogen-bond donors (Lipinski definition) is 3. The standard InChI is InChI=1S/C22H26N4O2/c1-17(22(27)24-21-6-4-3-5-19(21)15-23)26-13-11-25(12-14-26)16-18-7-9-20(28-2)10-8-18/h3-10,17H,11-14,16H2,1-2H3,(H,24,27)/p+2/t17-/m1/s1. The zero-order chi connectivity index (χ0) is 19.9. The fourth-order valence-corrected chi connectivity index (χ4v) is 3.68. The van der Waals surface area contributed by atoms with Crippen LogP contribution in [0.4, 0.5) is 5.69 Å². The van der Waals surface area contributed by atoms with Gasteiger partial charge in [-0.15, -0.1) is 0 Å². The van der Waals surface area contributed by atoms with Gasteiger partial charge in [0.15, 0.2) is 6.04 Å². The Morgan fingerprint density at radius 3 is 2.46 bits per heavy atom. The molecule has 0 unspecified atom stereocenters. The van der Waals surface area contributed by atoms with Gasteiger partial charge in [0.05, 0.1) is 18.4 Å². The lowest BCUT2D eigenvalue weighted by atomic mass is 10.1. The second kappa shape index (κ2) is 9.36. The molecule has 0 radical (unpaired) electrons. The second-order valence-electron chi connectivity index (χ2n) is 7.30. The van der Waals surface area contributed by atoms with Gasteiger partial charge in [0.1, 0.15) is 44.5 Å². The number of hydrogen-bond acceptors (Lipinski definition) is 3. The molecule has 2 aromatic rings. The summed E-state index contributed by atoms with van der Waals surface area (Å²) in [5, 5.41) is 12.1. The number of carbonyl (C=O) groups excluding carboxylic acids is 1. The Labute approximate surface area is 166 Å². The first-order chi connectivity index (χ1) is 13.6. The van der Waals surface area contributed by atoms with Gasteiger partial charge in [-0.05, 0) is 43.3 Å². The second-order valence-corrected chi connectivity index (χ2v) is 7.30. The van der Waals surface area contributed by atoms with Crippen molar-refractivity contribution >= 4 is 11.6 Å². The number of carbonyl (C=O) groups is 1. The van der Waals surface area contributed by atoms with Gasteiger partial charge < -0.3 is 19.9 Å². The summed E-state index contributed by atoms with van der Waals surface area (Å²) < 4.78 is 5.21. The smallest absolute Gasteiger partial charge is 0.282 e. The molecule has 28 heavy (non-hydrogen) atoms. The van der Waals surface area contributed by atoms with Gasteiger partial charge >= 0.3 is 0 Å². The number of piperazine rings is 1. The number of nitrogens with zero attached hydrogens (tertiary/aromatic N) is 1. The maximum atomic E-state index is 12.7. The molecule has 1 aliphatic rings. The van der Waals surface area contributed by atoms with Crippen LogP contribution in [0.5, 0.6) is 5.75 Å². The lowest BCUT2D eigenvalue weighted by Crippen LogP contribution is -3.29. The third kappa shape index (κ3) is 4.89. The van der Waals surface area contributed by atoms with Crippen LogP contribution in [-0.2, 0) is 11.3 Å². The largest absolute Gasteiger partial charge is 0.497 e. The summed E-state index contributed by atoms with van der Waals surface area (Å²) in [6, 6.07) is 17.3. The van der Waals surface area contributed by atoms with E-state index >= 15 is 0 Å². The molecule has 0 spiro atoms. The zero-order valence-electron chi connectivity index (χ0n) is 16.5. The minimum Gasteiger partial charge on any atom is -0.497 e. The molecule has 1 atom stereocenters. The molecule has 6 nitrogen and oxygen atoms in total. The molecule has 1 fully saturated rings. The molecule has 1 aliphatic heterocycles.